The van der Waals surface area contributed by atoms with Gasteiger partial charge in [-0.2, -0.15) is 0 Å². The van der Waals surface area contributed by atoms with Crippen molar-refractivity contribution in [1.29, 1.82) is 0 Å². The SMILES string of the molecule is Cc1ccc([N+](=O)[O-])cc1NC(=O)CSc1nc2cc(Cl)ccc2s1. The van der Waals surface area contributed by atoms with Gasteiger partial charge in [-0.05, 0) is 30.7 Å². The number of anilines is 1. The first kappa shape index (κ1) is 17.7. The third-order valence-electron chi connectivity index (χ3n) is 3.36. The number of nitrogens with zero attached hydrogens (tertiary/aromatic N) is 2. The lowest BCUT2D eigenvalue weighted by Crippen LogP contribution is -2.15. The number of nitro groups is 1. The van der Waals surface area contributed by atoms with Crippen LogP contribution in [0.15, 0.2) is 40.7 Å². The number of aromatic nitrogens is 1. The Morgan fingerprint density at radius 3 is 2.92 bits per heavy atom. The van der Waals surface area contributed by atoms with Gasteiger partial charge in [0.1, 0.15) is 0 Å². The Kier molecular flexibility index (Phi) is 5.22. The molecule has 1 N–H and O–H groups in total. The molecule has 25 heavy (non-hydrogen) atoms. The number of hydrogen-bond donors (Lipinski definition) is 1. The van der Waals surface area contributed by atoms with Gasteiger partial charge in [0.15, 0.2) is 4.34 Å². The molecule has 1 amide bonds. The molecule has 0 bridgehead atoms. The highest BCUT2D eigenvalue weighted by Gasteiger charge is 2.12. The lowest BCUT2D eigenvalue weighted by atomic mass is 10.2. The first-order valence-corrected chi connectivity index (χ1v) is 9.34. The normalized spacial score (nSPS) is 10.8. The number of rotatable bonds is 5. The average molecular weight is 394 g/mol. The van der Waals surface area contributed by atoms with E-state index in [0.717, 1.165) is 20.1 Å². The fourth-order valence-corrected chi connectivity index (χ4v) is 4.13. The smallest absolute Gasteiger partial charge is 0.271 e. The van der Waals surface area contributed by atoms with Gasteiger partial charge in [-0.15, -0.1) is 11.3 Å². The minimum atomic E-state index is -0.490. The molecule has 0 radical (unpaired) electrons. The van der Waals surface area contributed by atoms with Crippen LogP contribution in [-0.4, -0.2) is 21.6 Å². The van der Waals surface area contributed by atoms with Crippen molar-refractivity contribution in [3.05, 3.63) is 57.1 Å². The molecular weight excluding hydrogens is 382 g/mol. The summed E-state index contributed by atoms with van der Waals surface area (Å²) in [7, 11) is 0. The van der Waals surface area contributed by atoms with Gasteiger partial charge in [-0.1, -0.05) is 29.4 Å². The van der Waals surface area contributed by atoms with Crippen molar-refractivity contribution in [2.24, 2.45) is 0 Å². The zero-order valence-corrected chi connectivity index (χ0v) is 15.4. The quantitative estimate of drug-likeness (QED) is 0.378. The fourth-order valence-electron chi connectivity index (χ4n) is 2.11. The number of thioether (sulfide) groups is 1. The standard InChI is InChI=1S/C16H12ClN3O3S2/c1-9-2-4-11(20(22)23)7-12(9)18-15(21)8-24-16-19-13-6-10(17)3-5-14(13)25-16/h2-7H,8H2,1H3,(H,18,21). The predicted molar refractivity (Wildman–Crippen MR) is 102 cm³/mol. The molecule has 9 heteroatoms. The van der Waals surface area contributed by atoms with Gasteiger partial charge >= 0.3 is 0 Å². The maximum Gasteiger partial charge on any atom is 0.271 e. The van der Waals surface area contributed by atoms with E-state index in [1.54, 1.807) is 25.1 Å². The van der Waals surface area contributed by atoms with Gasteiger partial charge in [-0.25, -0.2) is 4.98 Å². The number of carbonyl (C=O) groups is 1. The number of fused-ring (bicyclic) bond motifs is 1. The van der Waals surface area contributed by atoms with Crippen LogP contribution in [0.3, 0.4) is 0 Å². The molecule has 3 rings (SSSR count). The summed E-state index contributed by atoms with van der Waals surface area (Å²) in [4.78, 5) is 26.9. The maximum atomic E-state index is 12.1. The van der Waals surface area contributed by atoms with Gasteiger partial charge in [0.25, 0.3) is 5.69 Å². The summed E-state index contributed by atoms with van der Waals surface area (Å²) in [5.74, 6) is -0.0822. The van der Waals surface area contributed by atoms with E-state index in [-0.39, 0.29) is 17.3 Å². The van der Waals surface area contributed by atoms with Crippen LogP contribution in [0.5, 0.6) is 0 Å². The number of carbonyl (C=O) groups excluding carboxylic acids is 1. The third kappa shape index (κ3) is 4.28. The summed E-state index contributed by atoms with van der Waals surface area (Å²) >= 11 is 8.74. The lowest BCUT2D eigenvalue weighted by Gasteiger charge is -2.07. The molecule has 0 aliphatic carbocycles. The molecule has 1 heterocycles. The number of halogens is 1. The molecule has 128 valence electrons. The second kappa shape index (κ2) is 7.38. The topological polar surface area (TPSA) is 85.1 Å². The van der Waals surface area contributed by atoms with Crippen molar-refractivity contribution in [2.75, 3.05) is 11.1 Å². The van der Waals surface area contributed by atoms with E-state index in [4.69, 9.17) is 11.6 Å². The van der Waals surface area contributed by atoms with Gasteiger partial charge < -0.3 is 5.32 Å². The Labute approximate surface area is 156 Å². The first-order chi connectivity index (χ1) is 11.9. The highest BCUT2D eigenvalue weighted by atomic mass is 35.5. The molecule has 1 aromatic heterocycles. The van der Waals surface area contributed by atoms with Crippen LogP contribution in [-0.2, 0) is 4.79 Å². The molecule has 3 aromatic rings. The zero-order chi connectivity index (χ0) is 18.0. The molecule has 0 fully saturated rings. The molecule has 0 aliphatic rings. The minimum absolute atomic E-state index is 0.0587. The summed E-state index contributed by atoms with van der Waals surface area (Å²) in [5, 5.41) is 14.2. The predicted octanol–water partition coefficient (Wildman–Crippen LogP) is 4.90. The van der Waals surface area contributed by atoms with E-state index in [9.17, 15) is 14.9 Å². The Hall–Kier alpha value is -2.16. The molecule has 0 aliphatic heterocycles. The van der Waals surface area contributed by atoms with Crippen LogP contribution in [0.1, 0.15) is 5.56 Å². The third-order valence-corrected chi connectivity index (χ3v) is 5.78. The van der Waals surface area contributed by atoms with Crippen molar-refractivity contribution < 1.29 is 9.72 Å². The summed E-state index contributed by atoms with van der Waals surface area (Å²) in [6.45, 7) is 1.78. The summed E-state index contributed by atoms with van der Waals surface area (Å²) in [6, 6.07) is 9.85. The second-order valence-corrected chi connectivity index (χ2v) is 7.87. The van der Waals surface area contributed by atoms with E-state index in [2.05, 4.69) is 10.3 Å². The van der Waals surface area contributed by atoms with E-state index in [0.29, 0.717) is 10.7 Å². The number of aryl methyl sites for hydroxylation is 1. The summed E-state index contributed by atoms with van der Waals surface area (Å²) in [5.41, 5.74) is 1.95. The van der Waals surface area contributed by atoms with E-state index >= 15 is 0 Å². The summed E-state index contributed by atoms with van der Waals surface area (Å²) < 4.78 is 1.77. The fraction of sp³-hybridized carbons (Fsp3) is 0.125. The Morgan fingerprint density at radius 1 is 1.36 bits per heavy atom. The van der Waals surface area contributed by atoms with Crippen LogP contribution in [0, 0.1) is 17.0 Å². The molecular formula is C16H12ClN3O3S2. The highest BCUT2D eigenvalue weighted by molar-refractivity contribution is 8.01. The van der Waals surface area contributed by atoms with Gasteiger partial charge in [0, 0.05) is 17.2 Å². The zero-order valence-electron chi connectivity index (χ0n) is 13.0. The van der Waals surface area contributed by atoms with Crippen LogP contribution in [0.4, 0.5) is 11.4 Å². The van der Waals surface area contributed by atoms with Crippen LogP contribution in [0.2, 0.25) is 5.02 Å². The van der Waals surface area contributed by atoms with E-state index in [1.807, 2.05) is 6.07 Å². The van der Waals surface area contributed by atoms with Gasteiger partial charge in [-0.3, -0.25) is 14.9 Å². The van der Waals surface area contributed by atoms with Crippen LogP contribution < -0.4 is 5.32 Å². The van der Waals surface area contributed by atoms with Crippen molar-refractivity contribution in [2.45, 2.75) is 11.3 Å². The van der Waals surface area contributed by atoms with Crippen molar-refractivity contribution >= 4 is 62.2 Å². The number of nitro benzene ring substituents is 1. The van der Waals surface area contributed by atoms with Crippen molar-refractivity contribution in [3.8, 4) is 0 Å². The molecule has 0 saturated heterocycles. The lowest BCUT2D eigenvalue weighted by molar-refractivity contribution is -0.384. The van der Waals surface area contributed by atoms with Crippen molar-refractivity contribution in [1.82, 2.24) is 4.98 Å². The monoisotopic (exact) mass is 393 g/mol. The molecule has 0 spiro atoms. The number of hydrogen-bond acceptors (Lipinski definition) is 6. The largest absolute Gasteiger partial charge is 0.325 e. The second-order valence-electron chi connectivity index (χ2n) is 5.19. The van der Waals surface area contributed by atoms with E-state index < -0.39 is 4.92 Å². The highest BCUT2D eigenvalue weighted by Crippen LogP contribution is 2.31. The molecule has 2 aromatic carbocycles. The Balaban J connectivity index is 1.66. The van der Waals surface area contributed by atoms with Crippen LogP contribution >= 0.6 is 34.7 Å². The maximum absolute atomic E-state index is 12.1. The Morgan fingerprint density at radius 2 is 2.16 bits per heavy atom. The number of thiazole rings is 1. The van der Waals surface area contributed by atoms with Crippen LogP contribution in [0.25, 0.3) is 10.2 Å². The molecule has 0 unspecified atom stereocenters. The first-order valence-electron chi connectivity index (χ1n) is 7.16. The van der Waals surface area contributed by atoms with Gasteiger partial charge in [0.05, 0.1) is 26.6 Å². The molecule has 6 nitrogen and oxygen atoms in total. The van der Waals surface area contributed by atoms with Gasteiger partial charge in [0.2, 0.25) is 5.91 Å². The Bertz CT molecular complexity index is 974. The average Bonchev–Trinajstić information content (AvgIpc) is 2.96. The number of amides is 1. The number of benzene rings is 2. The molecule has 0 atom stereocenters. The van der Waals surface area contributed by atoms with E-state index in [1.165, 1.54) is 35.2 Å². The summed E-state index contributed by atoms with van der Waals surface area (Å²) in [6.07, 6.45) is 0. The number of non-ortho nitro benzene ring substituents is 1. The molecule has 0 saturated carbocycles. The van der Waals surface area contributed by atoms with Crippen molar-refractivity contribution in [3.63, 3.8) is 0 Å². The number of nitrogens with one attached hydrogen (secondary N) is 1. The minimum Gasteiger partial charge on any atom is -0.325 e.